The normalized spacial score (nSPS) is 16.0. The zero-order valence-electron chi connectivity index (χ0n) is 13.8. The summed E-state index contributed by atoms with van der Waals surface area (Å²) in [5, 5.41) is 0. The van der Waals surface area contributed by atoms with E-state index >= 15 is 0 Å². The van der Waals surface area contributed by atoms with Crippen LogP contribution in [0.4, 0.5) is 0 Å². The Balaban J connectivity index is 2.56. The number of rotatable bonds is 3. The number of Topliss-reactive ketones (excluding diaryl/α,β-unsaturated/α-hetero) is 1. The van der Waals surface area contributed by atoms with E-state index in [2.05, 4.69) is 4.40 Å². The van der Waals surface area contributed by atoms with Crippen molar-refractivity contribution in [1.29, 1.82) is 0 Å². The van der Waals surface area contributed by atoms with Crippen LogP contribution in [0.15, 0.2) is 55.9 Å². The van der Waals surface area contributed by atoms with Crippen LogP contribution in [0.3, 0.4) is 0 Å². The second-order valence-electron chi connectivity index (χ2n) is 5.42. The molecule has 122 valence electrons. The fourth-order valence-corrected chi connectivity index (χ4v) is 3.42. The Morgan fingerprint density at radius 2 is 1.35 bits per heavy atom. The molecule has 0 atom stereocenters. The molecule has 6 heteroatoms. The zero-order chi connectivity index (χ0) is 17.4. The summed E-state index contributed by atoms with van der Waals surface area (Å²) in [5.74, 6) is 0.500. The van der Waals surface area contributed by atoms with E-state index < -0.39 is 10.0 Å². The lowest BCUT2D eigenvalue weighted by atomic mass is 9.86. The molecule has 0 amide bonds. The van der Waals surface area contributed by atoms with Crippen molar-refractivity contribution in [3.63, 3.8) is 0 Å². The molecule has 0 radical (unpaired) electrons. The van der Waals surface area contributed by atoms with Gasteiger partial charge in [-0.1, -0.05) is 0 Å². The molecule has 1 aliphatic rings. The number of carbonyl (C=O) groups excluding carboxylic acids is 1. The van der Waals surface area contributed by atoms with Crippen molar-refractivity contribution in [3.05, 3.63) is 46.6 Å². The first-order valence-corrected chi connectivity index (χ1v) is 8.52. The molecule has 5 nitrogen and oxygen atoms in total. The third-order valence-electron chi connectivity index (χ3n) is 4.09. The van der Waals surface area contributed by atoms with Gasteiger partial charge in [0.1, 0.15) is 5.75 Å². The van der Waals surface area contributed by atoms with Gasteiger partial charge in [0.25, 0.3) is 10.0 Å². The lowest BCUT2D eigenvalue weighted by molar-refractivity contribution is -0.112. The van der Waals surface area contributed by atoms with E-state index in [1.165, 1.54) is 19.2 Å². The summed E-state index contributed by atoms with van der Waals surface area (Å²) < 4.78 is 34.0. The van der Waals surface area contributed by atoms with E-state index in [0.717, 1.165) is 0 Å². The molecule has 1 aromatic carbocycles. The summed E-state index contributed by atoms with van der Waals surface area (Å²) >= 11 is 0. The number of hydrogen-bond donors (Lipinski definition) is 0. The first-order valence-electron chi connectivity index (χ1n) is 7.08. The Hall–Kier alpha value is -2.21. The average molecular weight is 333 g/mol. The molecule has 0 aliphatic heterocycles. The molecule has 0 heterocycles. The second-order valence-corrected chi connectivity index (χ2v) is 7.02. The van der Waals surface area contributed by atoms with Gasteiger partial charge in [0.2, 0.25) is 0 Å². The van der Waals surface area contributed by atoms with Crippen LogP contribution in [0.1, 0.15) is 27.7 Å². The van der Waals surface area contributed by atoms with E-state index in [-0.39, 0.29) is 10.7 Å². The first-order chi connectivity index (χ1) is 10.7. The van der Waals surface area contributed by atoms with Crippen LogP contribution in [0.5, 0.6) is 5.75 Å². The van der Waals surface area contributed by atoms with E-state index in [0.29, 0.717) is 33.8 Å². The Bertz CT molecular complexity index is 826. The van der Waals surface area contributed by atoms with E-state index in [9.17, 15) is 13.2 Å². The molecule has 0 bridgehead atoms. The van der Waals surface area contributed by atoms with Crippen molar-refractivity contribution >= 4 is 21.5 Å². The predicted molar refractivity (Wildman–Crippen MR) is 89.4 cm³/mol. The smallest absolute Gasteiger partial charge is 0.282 e. The monoisotopic (exact) mass is 333 g/mol. The molecule has 0 saturated carbocycles. The highest BCUT2D eigenvalue weighted by molar-refractivity contribution is 7.90. The Morgan fingerprint density at radius 1 is 0.870 bits per heavy atom. The molecule has 2 rings (SSSR count). The number of nitrogens with zero attached hydrogens (tertiary/aromatic N) is 1. The number of hydrogen-bond acceptors (Lipinski definition) is 4. The highest BCUT2D eigenvalue weighted by Gasteiger charge is 2.26. The summed E-state index contributed by atoms with van der Waals surface area (Å²) in [6.45, 7) is 6.79. The molecule has 1 aromatic rings. The highest BCUT2D eigenvalue weighted by Crippen LogP contribution is 2.27. The maximum atomic E-state index is 12.5. The topological polar surface area (TPSA) is 72.8 Å². The van der Waals surface area contributed by atoms with Gasteiger partial charge in [0.05, 0.1) is 17.7 Å². The van der Waals surface area contributed by atoms with Gasteiger partial charge in [-0.05, 0) is 63.1 Å². The van der Waals surface area contributed by atoms with Gasteiger partial charge >= 0.3 is 0 Å². The fraction of sp³-hybridized carbons (Fsp3) is 0.294. The number of allylic oxidation sites excluding steroid dienone is 4. The Labute approximate surface area is 136 Å². The van der Waals surface area contributed by atoms with Gasteiger partial charge in [0, 0.05) is 11.1 Å². The third-order valence-corrected chi connectivity index (χ3v) is 5.38. The third kappa shape index (κ3) is 3.12. The summed E-state index contributed by atoms with van der Waals surface area (Å²) in [7, 11) is -2.35. The van der Waals surface area contributed by atoms with E-state index in [4.69, 9.17) is 4.74 Å². The quantitative estimate of drug-likeness (QED) is 0.797. The van der Waals surface area contributed by atoms with Crippen LogP contribution in [-0.2, 0) is 14.8 Å². The summed E-state index contributed by atoms with van der Waals surface area (Å²) in [6.07, 6.45) is 0. The predicted octanol–water partition coefficient (Wildman–Crippen LogP) is 3.08. The lowest BCUT2D eigenvalue weighted by Gasteiger charge is -2.19. The molecule has 0 fully saturated rings. The van der Waals surface area contributed by atoms with Crippen LogP contribution in [-0.4, -0.2) is 27.0 Å². The fourth-order valence-electron chi connectivity index (χ4n) is 2.32. The van der Waals surface area contributed by atoms with Gasteiger partial charge in [-0.15, -0.1) is 0 Å². The van der Waals surface area contributed by atoms with Gasteiger partial charge in [-0.25, -0.2) is 0 Å². The van der Waals surface area contributed by atoms with Crippen molar-refractivity contribution in [1.82, 2.24) is 0 Å². The van der Waals surface area contributed by atoms with Gasteiger partial charge in [-0.2, -0.15) is 12.8 Å². The van der Waals surface area contributed by atoms with Crippen molar-refractivity contribution in [2.45, 2.75) is 32.6 Å². The average Bonchev–Trinajstić information content (AvgIpc) is 2.55. The standard InChI is InChI=1S/C17H19NO4S/c1-10-12(3)17(19)13(4)11(2)16(10)18-23(20,21)15-8-6-14(22-5)7-9-15/h6-9H,1-5H3. The summed E-state index contributed by atoms with van der Waals surface area (Å²) in [5.41, 5.74) is 2.58. The number of ketones is 1. The maximum Gasteiger partial charge on any atom is 0.282 e. The highest BCUT2D eigenvalue weighted by atomic mass is 32.2. The minimum atomic E-state index is -3.86. The summed E-state index contributed by atoms with van der Waals surface area (Å²) in [6, 6.07) is 6.03. The maximum absolute atomic E-state index is 12.5. The Morgan fingerprint density at radius 3 is 1.78 bits per heavy atom. The number of ether oxygens (including phenoxy) is 1. The van der Waals surface area contributed by atoms with E-state index in [1.54, 1.807) is 39.8 Å². The SMILES string of the molecule is COc1ccc(S(=O)(=O)N=C2C(C)=C(C)C(=O)C(C)=C2C)cc1. The number of methoxy groups -OCH3 is 1. The van der Waals surface area contributed by atoms with Crippen LogP contribution in [0.25, 0.3) is 0 Å². The van der Waals surface area contributed by atoms with Gasteiger partial charge in [-0.3, -0.25) is 4.79 Å². The molecule has 0 aromatic heterocycles. The van der Waals surface area contributed by atoms with Crippen molar-refractivity contribution < 1.29 is 17.9 Å². The van der Waals surface area contributed by atoms with Crippen LogP contribution in [0.2, 0.25) is 0 Å². The molecule has 0 spiro atoms. The van der Waals surface area contributed by atoms with Gasteiger partial charge in [0.15, 0.2) is 5.78 Å². The molecule has 0 unspecified atom stereocenters. The van der Waals surface area contributed by atoms with Crippen molar-refractivity contribution in [2.24, 2.45) is 4.40 Å². The van der Waals surface area contributed by atoms with Crippen molar-refractivity contribution in [2.75, 3.05) is 7.11 Å². The number of benzene rings is 1. The van der Waals surface area contributed by atoms with Gasteiger partial charge < -0.3 is 4.74 Å². The molecule has 0 N–H and O–H groups in total. The van der Waals surface area contributed by atoms with Crippen LogP contribution < -0.4 is 4.74 Å². The second kappa shape index (κ2) is 6.12. The molecule has 1 aliphatic carbocycles. The molecular formula is C17H19NO4S. The van der Waals surface area contributed by atoms with E-state index in [1.807, 2.05) is 0 Å². The first kappa shape index (κ1) is 17.1. The molecule has 23 heavy (non-hydrogen) atoms. The number of carbonyl (C=O) groups is 1. The summed E-state index contributed by atoms with van der Waals surface area (Å²) in [4.78, 5) is 12.1. The Kier molecular flexibility index (Phi) is 4.56. The zero-order valence-corrected chi connectivity index (χ0v) is 14.6. The van der Waals surface area contributed by atoms with Crippen LogP contribution >= 0.6 is 0 Å². The molecular weight excluding hydrogens is 314 g/mol. The minimum absolute atomic E-state index is 0.0687. The minimum Gasteiger partial charge on any atom is -0.497 e. The lowest BCUT2D eigenvalue weighted by Crippen LogP contribution is -2.20. The number of sulfonamides is 1. The largest absolute Gasteiger partial charge is 0.497 e. The molecule has 0 saturated heterocycles. The van der Waals surface area contributed by atoms with Crippen LogP contribution in [0, 0.1) is 0 Å². The van der Waals surface area contributed by atoms with Crippen molar-refractivity contribution in [3.8, 4) is 5.75 Å².